The average Bonchev–Trinajstić information content (AvgIpc) is 2.52. The molecular formula is C17H36IN5O2. The van der Waals surface area contributed by atoms with Crippen LogP contribution in [0.25, 0.3) is 0 Å². The lowest BCUT2D eigenvalue weighted by atomic mass is 9.95. The Labute approximate surface area is 169 Å². The van der Waals surface area contributed by atoms with E-state index in [0.29, 0.717) is 18.9 Å². The molecule has 0 aromatic rings. The van der Waals surface area contributed by atoms with Gasteiger partial charge in [0.15, 0.2) is 5.96 Å². The number of aliphatic imine (C=N–C) groups is 1. The largest absolute Gasteiger partial charge is 0.377 e. The lowest BCUT2D eigenvalue weighted by molar-refractivity contribution is -0.119. The van der Waals surface area contributed by atoms with Gasteiger partial charge in [0.1, 0.15) is 0 Å². The first-order valence-electron chi connectivity index (χ1n) is 8.96. The molecule has 1 amide bonds. The van der Waals surface area contributed by atoms with E-state index in [-0.39, 0.29) is 36.0 Å². The second kappa shape index (κ2) is 13.6. The second-order valence-electron chi connectivity index (χ2n) is 6.72. The third kappa shape index (κ3) is 10.2. The summed E-state index contributed by atoms with van der Waals surface area (Å²) in [5.74, 6) is 0.995. The highest BCUT2D eigenvalue weighted by Crippen LogP contribution is 2.19. The van der Waals surface area contributed by atoms with Gasteiger partial charge >= 0.3 is 0 Å². The number of ether oxygens (including phenoxy) is 1. The topological polar surface area (TPSA) is 83.2 Å². The first-order chi connectivity index (χ1) is 11.5. The fourth-order valence-electron chi connectivity index (χ4n) is 3.13. The molecule has 1 saturated heterocycles. The molecule has 2 unspecified atom stereocenters. The van der Waals surface area contributed by atoms with E-state index in [2.05, 4.69) is 34.2 Å². The molecule has 1 aliphatic heterocycles. The van der Waals surface area contributed by atoms with Gasteiger partial charge in [0.05, 0.1) is 6.10 Å². The Morgan fingerprint density at radius 2 is 2.20 bits per heavy atom. The first-order valence-corrected chi connectivity index (χ1v) is 8.96. The van der Waals surface area contributed by atoms with E-state index in [1.165, 1.54) is 0 Å². The van der Waals surface area contributed by atoms with E-state index < -0.39 is 0 Å². The predicted molar refractivity (Wildman–Crippen MR) is 113 cm³/mol. The van der Waals surface area contributed by atoms with Crippen LogP contribution in [0.2, 0.25) is 0 Å². The highest BCUT2D eigenvalue weighted by Gasteiger charge is 2.24. The van der Waals surface area contributed by atoms with Crippen molar-refractivity contribution in [1.82, 2.24) is 15.1 Å². The summed E-state index contributed by atoms with van der Waals surface area (Å²) in [7, 11) is 5.94. The van der Waals surface area contributed by atoms with Gasteiger partial charge in [-0.2, -0.15) is 0 Å². The summed E-state index contributed by atoms with van der Waals surface area (Å²) in [5, 5.41) is 3.44. The summed E-state index contributed by atoms with van der Waals surface area (Å²) in [5.41, 5.74) is 5.34. The first kappa shape index (κ1) is 24.4. The zero-order valence-electron chi connectivity index (χ0n) is 16.2. The Balaban J connectivity index is 0.00000576. The van der Waals surface area contributed by atoms with Crippen molar-refractivity contribution in [2.24, 2.45) is 16.6 Å². The summed E-state index contributed by atoms with van der Waals surface area (Å²) in [6.07, 6.45) is 3.72. The van der Waals surface area contributed by atoms with E-state index in [0.717, 1.165) is 51.4 Å². The number of amides is 1. The molecule has 0 saturated carbocycles. The minimum Gasteiger partial charge on any atom is -0.377 e. The third-order valence-electron chi connectivity index (χ3n) is 4.31. The summed E-state index contributed by atoms with van der Waals surface area (Å²) in [4.78, 5) is 20.0. The molecule has 0 spiro atoms. The number of likely N-dealkylation sites (tertiary alicyclic amines) is 1. The number of nitrogens with zero attached hydrogens (tertiary/aromatic N) is 3. The molecule has 2 atom stereocenters. The van der Waals surface area contributed by atoms with Crippen LogP contribution < -0.4 is 11.1 Å². The average molecular weight is 469 g/mol. The van der Waals surface area contributed by atoms with Crippen LogP contribution in [0.4, 0.5) is 0 Å². The Morgan fingerprint density at radius 3 is 2.76 bits per heavy atom. The molecule has 1 rings (SSSR count). The van der Waals surface area contributed by atoms with Gasteiger partial charge in [-0.25, -0.2) is 0 Å². The molecule has 0 aromatic heterocycles. The monoisotopic (exact) mass is 469 g/mol. The molecule has 0 radical (unpaired) electrons. The number of piperidine rings is 1. The Hall–Kier alpha value is -0.610. The Kier molecular flexibility index (Phi) is 13.2. The van der Waals surface area contributed by atoms with Gasteiger partial charge in [-0.15, -0.1) is 24.0 Å². The van der Waals surface area contributed by atoms with Crippen LogP contribution in [0.15, 0.2) is 4.99 Å². The van der Waals surface area contributed by atoms with Crippen LogP contribution in [0.1, 0.15) is 32.6 Å². The fraction of sp³-hybridized carbons (Fsp3) is 0.882. The molecule has 0 aromatic carbocycles. The maximum atomic E-state index is 11.2. The molecule has 1 aliphatic rings. The van der Waals surface area contributed by atoms with Crippen molar-refractivity contribution >= 4 is 35.8 Å². The van der Waals surface area contributed by atoms with Crippen molar-refractivity contribution < 1.29 is 9.53 Å². The van der Waals surface area contributed by atoms with Crippen molar-refractivity contribution in [1.29, 1.82) is 0 Å². The number of nitrogens with two attached hydrogens (primary N) is 1. The normalized spacial score (nSPS) is 19.5. The number of halogens is 1. The van der Waals surface area contributed by atoms with Crippen LogP contribution in [0.3, 0.4) is 0 Å². The van der Waals surface area contributed by atoms with Crippen molar-refractivity contribution in [2.45, 2.75) is 38.7 Å². The smallest absolute Gasteiger partial charge is 0.217 e. The summed E-state index contributed by atoms with van der Waals surface area (Å²) < 4.78 is 5.82. The highest BCUT2D eigenvalue weighted by atomic mass is 127. The molecule has 7 nitrogen and oxygen atoms in total. The van der Waals surface area contributed by atoms with E-state index in [1.54, 1.807) is 7.05 Å². The standard InChI is InChI=1S/C17H35N5O2.HI/c1-5-24-15(8-10-21(3)4)12-20-17(19-2)22-9-6-7-14(13-22)11-16(18)23;/h14-15H,5-13H2,1-4H3,(H2,18,23)(H,19,20);1H. The lowest BCUT2D eigenvalue weighted by Gasteiger charge is -2.35. The lowest BCUT2D eigenvalue weighted by Crippen LogP contribution is -2.49. The maximum Gasteiger partial charge on any atom is 0.217 e. The molecule has 148 valence electrons. The Morgan fingerprint density at radius 1 is 1.48 bits per heavy atom. The van der Waals surface area contributed by atoms with Crippen LogP contribution in [-0.2, 0) is 9.53 Å². The fourth-order valence-corrected chi connectivity index (χ4v) is 3.13. The molecule has 1 fully saturated rings. The molecule has 3 N–H and O–H groups in total. The molecule has 0 bridgehead atoms. The van der Waals surface area contributed by atoms with Gasteiger partial charge in [-0.1, -0.05) is 0 Å². The Bertz CT molecular complexity index is 406. The zero-order chi connectivity index (χ0) is 17.9. The van der Waals surface area contributed by atoms with Crippen molar-refractivity contribution in [2.75, 3.05) is 53.9 Å². The van der Waals surface area contributed by atoms with Gasteiger partial charge < -0.3 is 25.6 Å². The minimum atomic E-state index is -0.218. The van der Waals surface area contributed by atoms with Crippen molar-refractivity contribution in [3.8, 4) is 0 Å². The van der Waals surface area contributed by atoms with E-state index in [4.69, 9.17) is 10.5 Å². The molecule has 8 heteroatoms. The van der Waals surface area contributed by atoms with Gasteiger partial charge in [-0.3, -0.25) is 9.79 Å². The quantitative estimate of drug-likeness (QED) is 0.301. The number of primary amides is 1. The van der Waals surface area contributed by atoms with Crippen LogP contribution >= 0.6 is 24.0 Å². The van der Waals surface area contributed by atoms with Gasteiger partial charge in [0.2, 0.25) is 5.91 Å². The number of guanidine groups is 1. The second-order valence-corrected chi connectivity index (χ2v) is 6.72. The van der Waals surface area contributed by atoms with Gasteiger partial charge in [0.25, 0.3) is 0 Å². The molecule has 25 heavy (non-hydrogen) atoms. The highest BCUT2D eigenvalue weighted by molar-refractivity contribution is 14.0. The molecule has 0 aliphatic carbocycles. The predicted octanol–water partition coefficient (Wildman–Crippen LogP) is 1.12. The van der Waals surface area contributed by atoms with E-state index in [1.807, 2.05) is 6.92 Å². The molecular weight excluding hydrogens is 433 g/mol. The van der Waals surface area contributed by atoms with E-state index in [9.17, 15) is 4.79 Å². The maximum absolute atomic E-state index is 11.2. The van der Waals surface area contributed by atoms with Gasteiger partial charge in [-0.05, 0) is 46.2 Å². The number of carbonyl (C=O) groups excluding carboxylic acids is 1. The molecule has 1 heterocycles. The number of carbonyl (C=O) groups is 1. The van der Waals surface area contributed by atoms with Gasteiger partial charge in [0, 0.05) is 46.3 Å². The van der Waals surface area contributed by atoms with Crippen LogP contribution in [0.5, 0.6) is 0 Å². The zero-order valence-corrected chi connectivity index (χ0v) is 18.5. The van der Waals surface area contributed by atoms with Crippen LogP contribution in [-0.4, -0.2) is 81.7 Å². The number of nitrogens with one attached hydrogen (secondary N) is 1. The van der Waals surface area contributed by atoms with Crippen molar-refractivity contribution in [3.63, 3.8) is 0 Å². The van der Waals surface area contributed by atoms with Crippen LogP contribution in [0, 0.1) is 5.92 Å². The SMILES string of the molecule is CCOC(CCN(C)C)CNC(=NC)N1CCCC(CC(N)=O)C1.I. The van der Waals surface area contributed by atoms with Crippen molar-refractivity contribution in [3.05, 3.63) is 0 Å². The third-order valence-corrected chi connectivity index (χ3v) is 4.31. The minimum absolute atomic E-state index is 0. The summed E-state index contributed by atoms with van der Waals surface area (Å²) in [6.45, 7) is 6.27. The number of hydrogen-bond donors (Lipinski definition) is 2. The summed E-state index contributed by atoms with van der Waals surface area (Å²) >= 11 is 0. The summed E-state index contributed by atoms with van der Waals surface area (Å²) in [6, 6.07) is 0. The number of hydrogen-bond acceptors (Lipinski definition) is 4. The van der Waals surface area contributed by atoms with E-state index >= 15 is 0 Å². The number of rotatable bonds is 9.